The first kappa shape index (κ1) is 18.4. The van der Waals surface area contributed by atoms with Crippen molar-refractivity contribution in [1.29, 1.82) is 0 Å². The minimum Gasteiger partial charge on any atom is -0.502 e. The highest BCUT2D eigenvalue weighted by molar-refractivity contribution is 7.14. The van der Waals surface area contributed by atoms with Crippen LogP contribution in [0.4, 0.5) is 0 Å². The Morgan fingerprint density at radius 1 is 1.26 bits per heavy atom. The molecule has 0 spiro atoms. The van der Waals surface area contributed by atoms with Gasteiger partial charge >= 0.3 is 0 Å². The minimum absolute atomic E-state index is 0.0105. The third kappa shape index (κ3) is 2.75. The number of hydrogen-bond acceptors (Lipinski definition) is 5. The summed E-state index contributed by atoms with van der Waals surface area (Å²) in [4.78, 5) is 15.2. The fourth-order valence-electron chi connectivity index (χ4n) is 4.82. The first-order chi connectivity index (χ1) is 12.8. The number of ether oxygens (including phenoxy) is 2. The number of carbonyl (C=O) groups excluding carboxylic acids is 1. The monoisotopic (exact) mass is 386 g/mol. The highest BCUT2D eigenvalue weighted by Crippen LogP contribution is 2.71. The molecule has 1 fully saturated rings. The van der Waals surface area contributed by atoms with Crippen molar-refractivity contribution in [3.8, 4) is 17.2 Å². The van der Waals surface area contributed by atoms with Crippen LogP contribution in [-0.4, -0.2) is 25.1 Å². The molecule has 2 aliphatic carbocycles. The van der Waals surface area contributed by atoms with E-state index in [1.165, 1.54) is 30.2 Å². The van der Waals surface area contributed by atoms with Crippen molar-refractivity contribution >= 4 is 17.1 Å². The Labute approximate surface area is 164 Å². The van der Waals surface area contributed by atoms with Gasteiger partial charge in [0.15, 0.2) is 17.3 Å². The number of methoxy groups -OCH3 is 2. The zero-order chi connectivity index (χ0) is 19.5. The first-order valence-corrected chi connectivity index (χ1v) is 10.2. The molecule has 0 radical (unpaired) electrons. The van der Waals surface area contributed by atoms with Crippen molar-refractivity contribution in [3.05, 3.63) is 38.6 Å². The van der Waals surface area contributed by atoms with Crippen LogP contribution in [0.3, 0.4) is 0 Å². The zero-order valence-electron chi connectivity index (χ0n) is 16.5. The SMILES string of the molecule is COc1cc(CCC(=O)c2sc(C)c3c2C[C@@H]2[C@H]3C2(C)C)cc(OC)c1O. The molecule has 2 aromatic rings. The number of aryl methyl sites for hydroxylation is 2. The minimum atomic E-state index is -0.0105. The lowest BCUT2D eigenvalue weighted by molar-refractivity contribution is 0.0985. The molecule has 4 rings (SSSR count). The number of aromatic hydroxyl groups is 1. The van der Waals surface area contributed by atoms with Gasteiger partial charge in [0.25, 0.3) is 0 Å². The number of phenolic OH excluding ortho intramolecular Hbond substituents is 1. The van der Waals surface area contributed by atoms with Gasteiger partial charge in [0, 0.05) is 11.3 Å². The molecule has 1 aromatic heterocycles. The number of carbonyl (C=O) groups is 1. The van der Waals surface area contributed by atoms with E-state index < -0.39 is 0 Å². The van der Waals surface area contributed by atoms with E-state index in [0.717, 1.165) is 16.9 Å². The lowest BCUT2D eigenvalue weighted by atomic mass is 9.94. The average molecular weight is 387 g/mol. The third-order valence-corrected chi connectivity index (χ3v) is 7.66. The number of rotatable bonds is 6. The Balaban J connectivity index is 1.52. The summed E-state index contributed by atoms with van der Waals surface area (Å²) in [6.45, 7) is 6.84. The Bertz CT molecular complexity index is 900. The molecule has 1 N–H and O–H groups in total. The van der Waals surface area contributed by atoms with Crippen LogP contribution in [-0.2, 0) is 12.8 Å². The van der Waals surface area contributed by atoms with Crippen LogP contribution >= 0.6 is 11.3 Å². The summed E-state index contributed by atoms with van der Waals surface area (Å²) in [6, 6.07) is 3.54. The van der Waals surface area contributed by atoms with E-state index in [0.29, 0.717) is 41.6 Å². The van der Waals surface area contributed by atoms with Gasteiger partial charge in [-0.25, -0.2) is 0 Å². The molecule has 0 aliphatic heterocycles. The Kier molecular flexibility index (Phi) is 4.26. The van der Waals surface area contributed by atoms with Gasteiger partial charge in [-0.3, -0.25) is 4.79 Å². The highest BCUT2D eigenvalue weighted by Gasteiger charge is 2.63. The van der Waals surface area contributed by atoms with E-state index in [2.05, 4.69) is 20.8 Å². The molecule has 5 heteroatoms. The first-order valence-electron chi connectivity index (χ1n) is 9.38. The van der Waals surface area contributed by atoms with Gasteiger partial charge in [0.05, 0.1) is 19.1 Å². The van der Waals surface area contributed by atoms with Crippen molar-refractivity contribution in [3.63, 3.8) is 0 Å². The van der Waals surface area contributed by atoms with Gasteiger partial charge in [0.2, 0.25) is 5.75 Å². The molecule has 1 saturated carbocycles. The maximum absolute atomic E-state index is 12.9. The van der Waals surface area contributed by atoms with E-state index in [1.54, 1.807) is 23.5 Å². The Morgan fingerprint density at radius 2 is 1.89 bits per heavy atom. The second kappa shape index (κ2) is 6.26. The summed E-state index contributed by atoms with van der Waals surface area (Å²) in [5, 5.41) is 10.0. The summed E-state index contributed by atoms with van der Waals surface area (Å²) in [6.07, 6.45) is 2.09. The van der Waals surface area contributed by atoms with Gasteiger partial charge in [-0.05, 0) is 65.8 Å². The van der Waals surface area contributed by atoms with Crippen molar-refractivity contribution in [2.75, 3.05) is 14.2 Å². The van der Waals surface area contributed by atoms with Crippen molar-refractivity contribution in [1.82, 2.24) is 0 Å². The second-order valence-corrected chi connectivity index (χ2v) is 9.49. The Morgan fingerprint density at radius 3 is 2.48 bits per heavy atom. The quantitative estimate of drug-likeness (QED) is 0.718. The van der Waals surface area contributed by atoms with Crippen LogP contribution < -0.4 is 9.47 Å². The van der Waals surface area contributed by atoms with Crippen LogP contribution in [0.25, 0.3) is 0 Å². The molecule has 0 bridgehead atoms. The van der Waals surface area contributed by atoms with Gasteiger partial charge in [-0.15, -0.1) is 11.3 Å². The number of Topliss-reactive ketones (excluding diaryl/α,β-unsaturated/α-hetero) is 1. The maximum atomic E-state index is 12.9. The summed E-state index contributed by atoms with van der Waals surface area (Å²) < 4.78 is 10.4. The third-order valence-electron chi connectivity index (χ3n) is 6.45. The topological polar surface area (TPSA) is 55.8 Å². The molecule has 4 nitrogen and oxygen atoms in total. The molecule has 2 aliphatic rings. The molecule has 1 aromatic carbocycles. The molecule has 0 saturated heterocycles. The van der Waals surface area contributed by atoms with Gasteiger partial charge in [0.1, 0.15) is 0 Å². The van der Waals surface area contributed by atoms with Crippen molar-refractivity contribution in [2.24, 2.45) is 11.3 Å². The lowest BCUT2D eigenvalue weighted by Gasteiger charge is -2.11. The zero-order valence-corrected chi connectivity index (χ0v) is 17.3. The molecular weight excluding hydrogens is 360 g/mol. The van der Waals surface area contributed by atoms with E-state index in [-0.39, 0.29) is 11.5 Å². The number of fused-ring (bicyclic) bond motifs is 3. The van der Waals surface area contributed by atoms with Crippen LogP contribution in [0, 0.1) is 18.3 Å². The normalized spacial score (nSPS) is 21.5. The predicted octanol–water partition coefficient (Wildman–Crippen LogP) is 4.89. The summed E-state index contributed by atoms with van der Waals surface area (Å²) in [5.41, 5.74) is 4.10. The number of benzene rings is 1. The Hall–Kier alpha value is -2.01. The number of thiophene rings is 1. The maximum Gasteiger partial charge on any atom is 0.200 e. The summed E-state index contributed by atoms with van der Waals surface area (Å²) in [5.74, 6) is 2.31. The van der Waals surface area contributed by atoms with Crippen LogP contribution in [0.2, 0.25) is 0 Å². The molecular formula is C22H26O4S. The van der Waals surface area contributed by atoms with Crippen molar-refractivity contribution in [2.45, 2.75) is 46.0 Å². The largest absolute Gasteiger partial charge is 0.502 e. The molecule has 0 amide bonds. The molecule has 27 heavy (non-hydrogen) atoms. The number of hydrogen-bond donors (Lipinski definition) is 1. The average Bonchev–Trinajstić information content (AvgIpc) is 2.97. The lowest BCUT2D eigenvalue weighted by Crippen LogP contribution is -2.05. The van der Waals surface area contributed by atoms with Crippen molar-refractivity contribution < 1.29 is 19.4 Å². The van der Waals surface area contributed by atoms with Gasteiger partial charge in [-0.1, -0.05) is 13.8 Å². The molecule has 0 unspecified atom stereocenters. The summed E-state index contributed by atoms with van der Waals surface area (Å²) in [7, 11) is 3.02. The number of phenols is 1. The fraction of sp³-hybridized carbons (Fsp3) is 0.500. The van der Waals surface area contributed by atoms with Gasteiger partial charge < -0.3 is 14.6 Å². The molecule has 144 valence electrons. The molecule has 2 atom stereocenters. The van der Waals surface area contributed by atoms with E-state index in [9.17, 15) is 9.90 Å². The van der Waals surface area contributed by atoms with E-state index in [1.807, 2.05) is 0 Å². The second-order valence-electron chi connectivity index (χ2n) is 8.26. The standard InChI is InChI=1S/C22H26O4S/c1-11-18-13(10-14-19(18)22(14,2)3)21(27-11)15(23)7-6-12-8-16(25-4)20(24)17(9-12)26-5/h8-9,14,19,24H,6-7,10H2,1-5H3/t14-,19-/m1/s1. The van der Waals surface area contributed by atoms with Crippen LogP contribution in [0.15, 0.2) is 12.1 Å². The van der Waals surface area contributed by atoms with Crippen LogP contribution in [0.1, 0.15) is 57.4 Å². The van der Waals surface area contributed by atoms with E-state index >= 15 is 0 Å². The fourth-order valence-corrected chi connectivity index (χ4v) is 6.02. The highest BCUT2D eigenvalue weighted by atomic mass is 32.1. The smallest absolute Gasteiger partial charge is 0.200 e. The van der Waals surface area contributed by atoms with E-state index in [4.69, 9.17) is 9.47 Å². The van der Waals surface area contributed by atoms with Gasteiger partial charge in [-0.2, -0.15) is 0 Å². The number of ketones is 1. The molecule has 1 heterocycles. The predicted molar refractivity (Wildman–Crippen MR) is 107 cm³/mol. The summed E-state index contributed by atoms with van der Waals surface area (Å²) >= 11 is 1.67. The van der Waals surface area contributed by atoms with Crippen LogP contribution in [0.5, 0.6) is 17.2 Å².